The molecule has 9 heteroatoms. The van der Waals surface area contributed by atoms with Crippen LogP contribution in [0.3, 0.4) is 0 Å². The molecule has 150 valence electrons. The third-order valence-corrected chi connectivity index (χ3v) is 4.24. The number of hydrogen-bond acceptors (Lipinski definition) is 3. The largest absolute Gasteiger partial charge is 0.403 e. The van der Waals surface area contributed by atoms with Gasteiger partial charge < -0.3 is 15.0 Å². The summed E-state index contributed by atoms with van der Waals surface area (Å²) in [7, 11) is 1.70. The van der Waals surface area contributed by atoms with Crippen molar-refractivity contribution < 1.29 is 17.9 Å². The van der Waals surface area contributed by atoms with Crippen molar-refractivity contribution in [1.29, 1.82) is 0 Å². The number of rotatable bonds is 8. The van der Waals surface area contributed by atoms with Crippen LogP contribution in [0.25, 0.3) is 0 Å². The van der Waals surface area contributed by atoms with Gasteiger partial charge in [0.2, 0.25) is 0 Å². The molecule has 1 unspecified atom stereocenters. The summed E-state index contributed by atoms with van der Waals surface area (Å²) in [6.07, 6.45) is -1.08. The van der Waals surface area contributed by atoms with E-state index in [0.717, 1.165) is 38.4 Å². The lowest BCUT2D eigenvalue weighted by atomic mass is 10.2. The smallest absolute Gasteiger partial charge is 0.381 e. The maximum atomic E-state index is 12.8. The molecule has 1 atom stereocenters. The maximum absolute atomic E-state index is 12.8. The highest BCUT2D eigenvalue weighted by molar-refractivity contribution is 14.0. The van der Waals surface area contributed by atoms with Crippen LogP contribution in [0, 0.1) is 0 Å². The van der Waals surface area contributed by atoms with E-state index >= 15 is 0 Å². The molecule has 1 N–H and O–H groups in total. The number of unbranched alkanes of at least 4 members (excludes halogenated alkanes) is 1. The van der Waals surface area contributed by atoms with Crippen LogP contribution in [0.4, 0.5) is 13.2 Å². The van der Waals surface area contributed by atoms with Gasteiger partial charge in [-0.2, -0.15) is 13.2 Å². The molecule has 5 nitrogen and oxygen atoms in total. The van der Waals surface area contributed by atoms with E-state index < -0.39 is 12.2 Å². The lowest BCUT2D eigenvalue weighted by molar-refractivity contribution is -0.181. The number of nitrogens with one attached hydrogen (secondary N) is 1. The van der Waals surface area contributed by atoms with E-state index in [-0.39, 0.29) is 24.0 Å². The number of aliphatic imine (C=N–C) groups is 1. The summed E-state index contributed by atoms with van der Waals surface area (Å²) in [4.78, 5) is 7.72. The molecule has 0 bridgehead atoms. The predicted molar refractivity (Wildman–Crippen MR) is 106 cm³/mol. The van der Waals surface area contributed by atoms with Crippen molar-refractivity contribution in [2.24, 2.45) is 4.99 Å². The molecule has 25 heavy (non-hydrogen) atoms. The van der Waals surface area contributed by atoms with Crippen molar-refractivity contribution in [2.45, 2.75) is 45.3 Å². The Hall–Kier alpha value is -0.290. The van der Waals surface area contributed by atoms with Gasteiger partial charge in [0.05, 0.1) is 0 Å². The van der Waals surface area contributed by atoms with Crippen molar-refractivity contribution in [1.82, 2.24) is 15.1 Å². The molecule has 1 aliphatic heterocycles. The van der Waals surface area contributed by atoms with E-state index in [9.17, 15) is 13.2 Å². The number of halogens is 4. The first-order valence-electron chi connectivity index (χ1n) is 8.74. The SMILES string of the molecule is CCCCOCCCNC(=NC)N1CCN(C(C)C(F)(F)F)CC1.I. The second-order valence-corrected chi connectivity index (χ2v) is 6.03. The van der Waals surface area contributed by atoms with Gasteiger partial charge in [-0.15, -0.1) is 24.0 Å². The van der Waals surface area contributed by atoms with Gasteiger partial charge in [-0.3, -0.25) is 9.89 Å². The summed E-state index contributed by atoms with van der Waals surface area (Å²) >= 11 is 0. The molecule has 0 aliphatic carbocycles. The summed E-state index contributed by atoms with van der Waals surface area (Å²) in [5.41, 5.74) is 0. The molecule has 0 amide bonds. The number of nitrogens with zero attached hydrogens (tertiary/aromatic N) is 3. The van der Waals surface area contributed by atoms with E-state index in [0.29, 0.717) is 32.8 Å². The standard InChI is InChI=1S/C16H31F3N4O.HI/c1-4-5-12-24-13-6-7-21-15(20-3)23-10-8-22(9-11-23)14(2)16(17,18)19;/h14H,4-13H2,1-3H3,(H,20,21);1H. The fraction of sp³-hybridized carbons (Fsp3) is 0.938. The number of piperazine rings is 1. The summed E-state index contributed by atoms with van der Waals surface area (Å²) in [5, 5.41) is 3.26. The molecule has 0 aromatic rings. The lowest BCUT2D eigenvalue weighted by Crippen LogP contribution is -2.56. The molecular weight excluding hydrogens is 448 g/mol. The molecule has 1 saturated heterocycles. The van der Waals surface area contributed by atoms with Gasteiger partial charge in [0.25, 0.3) is 0 Å². The first-order valence-corrected chi connectivity index (χ1v) is 8.74. The average Bonchev–Trinajstić information content (AvgIpc) is 2.56. The van der Waals surface area contributed by atoms with Gasteiger partial charge in [0, 0.05) is 53.0 Å². The number of hydrogen-bond donors (Lipinski definition) is 1. The Morgan fingerprint density at radius 1 is 1.16 bits per heavy atom. The second kappa shape index (κ2) is 13.0. The van der Waals surface area contributed by atoms with Crippen LogP contribution in [0.2, 0.25) is 0 Å². The first kappa shape index (κ1) is 24.7. The van der Waals surface area contributed by atoms with Gasteiger partial charge >= 0.3 is 6.18 Å². The minimum Gasteiger partial charge on any atom is -0.381 e. The van der Waals surface area contributed by atoms with E-state index in [1.165, 1.54) is 11.8 Å². The summed E-state index contributed by atoms with van der Waals surface area (Å²) < 4.78 is 43.8. The van der Waals surface area contributed by atoms with Crippen LogP contribution in [0.1, 0.15) is 33.1 Å². The van der Waals surface area contributed by atoms with E-state index in [4.69, 9.17) is 4.74 Å². The van der Waals surface area contributed by atoms with Crippen LogP contribution < -0.4 is 5.32 Å². The molecular formula is C16H32F3IN4O. The highest BCUT2D eigenvalue weighted by atomic mass is 127. The topological polar surface area (TPSA) is 40.1 Å². The van der Waals surface area contributed by atoms with E-state index in [1.54, 1.807) is 7.05 Å². The molecule has 0 saturated carbocycles. The number of alkyl halides is 3. The van der Waals surface area contributed by atoms with Crippen LogP contribution in [-0.2, 0) is 4.74 Å². The quantitative estimate of drug-likeness (QED) is 0.251. The zero-order valence-electron chi connectivity index (χ0n) is 15.4. The Morgan fingerprint density at radius 3 is 2.28 bits per heavy atom. The molecule has 1 rings (SSSR count). The minimum atomic E-state index is -4.17. The monoisotopic (exact) mass is 480 g/mol. The summed E-state index contributed by atoms with van der Waals surface area (Å²) in [6, 6.07) is -1.39. The first-order chi connectivity index (χ1) is 11.4. The highest BCUT2D eigenvalue weighted by Crippen LogP contribution is 2.25. The second-order valence-electron chi connectivity index (χ2n) is 6.03. The predicted octanol–water partition coefficient (Wildman–Crippen LogP) is 2.96. The van der Waals surface area contributed by atoms with Crippen LogP contribution >= 0.6 is 24.0 Å². The van der Waals surface area contributed by atoms with Crippen molar-refractivity contribution in [2.75, 3.05) is 53.0 Å². The van der Waals surface area contributed by atoms with Crippen LogP contribution in [0.15, 0.2) is 4.99 Å². The third kappa shape index (κ3) is 9.28. The molecule has 1 aliphatic rings. The molecule has 0 aromatic carbocycles. The Balaban J connectivity index is 0.00000576. The van der Waals surface area contributed by atoms with Gasteiger partial charge in [-0.1, -0.05) is 13.3 Å². The molecule has 0 spiro atoms. The fourth-order valence-electron chi connectivity index (χ4n) is 2.58. The third-order valence-electron chi connectivity index (χ3n) is 4.24. The van der Waals surface area contributed by atoms with Crippen LogP contribution in [0.5, 0.6) is 0 Å². The lowest BCUT2D eigenvalue weighted by Gasteiger charge is -2.39. The van der Waals surface area contributed by atoms with Crippen molar-refractivity contribution >= 4 is 29.9 Å². The normalized spacial score (nSPS) is 18.0. The fourth-order valence-corrected chi connectivity index (χ4v) is 2.58. The Labute approximate surface area is 166 Å². The van der Waals surface area contributed by atoms with Gasteiger partial charge in [0.1, 0.15) is 6.04 Å². The van der Waals surface area contributed by atoms with Crippen molar-refractivity contribution in [3.8, 4) is 0 Å². The zero-order chi connectivity index (χ0) is 18.0. The molecule has 0 aromatic heterocycles. The molecule has 1 heterocycles. The Kier molecular flexibility index (Phi) is 12.8. The van der Waals surface area contributed by atoms with Crippen molar-refractivity contribution in [3.05, 3.63) is 0 Å². The maximum Gasteiger partial charge on any atom is 0.403 e. The highest BCUT2D eigenvalue weighted by Gasteiger charge is 2.40. The molecule has 1 fully saturated rings. The summed E-state index contributed by atoms with van der Waals surface area (Å²) in [6.45, 7) is 7.48. The van der Waals surface area contributed by atoms with Gasteiger partial charge in [-0.05, 0) is 19.8 Å². The Morgan fingerprint density at radius 2 is 1.76 bits per heavy atom. The zero-order valence-corrected chi connectivity index (χ0v) is 17.8. The molecule has 0 radical (unpaired) electrons. The number of ether oxygens (including phenoxy) is 1. The Bertz CT molecular complexity index is 375. The van der Waals surface area contributed by atoms with E-state index in [1.807, 2.05) is 4.90 Å². The van der Waals surface area contributed by atoms with E-state index in [2.05, 4.69) is 17.2 Å². The number of guanidine groups is 1. The van der Waals surface area contributed by atoms with Gasteiger partial charge in [0.15, 0.2) is 5.96 Å². The minimum absolute atomic E-state index is 0. The average molecular weight is 480 g/mol. The summed E-state index contributed by atoms with van der Waals surface area (Å²) in [5.74, 6) is 0.753. The van der Waals surface area contributed by atoms with Crippen molar-refractivity contribution in [3.63, 3.8) is 0 Å². The van der Waals surface area contributed by atoms with Crippen LogP contribution in [-0.4, -0.2) is 81.0 Å². The van der Waals surface area contributed by atoms with Gasteiger partial charge in [-0.25, -0.2) is 0 Å².